The summed E-state index contributed by atoms with van der Waals surface area (Å²) in [5.74, 6) is 0.915. The van der Waals surface area contributed by atoms with Crippen molar-refractivity contribution in [1.82, 2.24) is 10.3 Å². The summed E-state index contributed by atoms with van der Waals surface area (Å²) >= 11 is 10.2. The standard InChI is InChI=1S/C24H21ClN2S2/c25-20-8-7-17-10-12-26-13-11-19(17)23(20)28-15-16-6-9-21-22(14-16)29-24(27-21)18-4-2-1-3-5-18/h1-9,14,26H,10-13,15H2. The van der Waals surface area contributed by atoms with Gasteiger partial charge < -0.3 is 5.32 Å². The van der Waals surface area contributed by atoms with Gasteiger partial charge >= 0.3 is 0 Å². The first-order valence-corrected chi connectivity index (χ1v) is 12.0. The van der Waals surface area contributed by atoms with Crippen LogP contribution in [0, 0.1) is 0 Å². The molecule has 0 unspecified atom stereocenters. The Morgan fingerprint density at radius 3 is 2.76 bits per heavy atom. The molecule has 4 aromatic rings. The van der Waals surface area contributed by atoms with E-state index in [1.807, 2.05) is 17.8 Å². The molecule has 1 N–H and O–H groups in total. The average Bonchev–Trinajstić information content (AvgIpc) is 3.03. The summed E-state index contributed by atoms with van der Waals surface area (Å²) in [5.41, 5.74) is 6.42. The highest BCUT2D eigenvalue weighted by atomic mass is 35.5. The molecule has 0 spiro atoms. The number of hydrogen-bond donors (Lipinski definition) is 1. The largest absolute Gasteiger partial charge is 0.316 e. The Morgan fingerprint density at radius 1 is 1.00 bits per heavy atom. The lowest BCUT2D eigenvalue weighted by Crippen LogP contribution is -2.16. The van der Waals surface area contributed by atoms with Crippen molar-refractivity contribution in [2.45, 2.75) is 23.5 Å². The van der Waals surface area contributed by atoms with Crippen LogP contribution in [0.4, 0.5) is 0 Å². The van der Waals surface area contributed by atoms with Crippen molar-refractivity contribution in [3.8, 4) is 10.6 Å². The summed E-state index contributed by atoms with van der Waals surface area (Å²) in [6, 6.07) is 21.3. The second-order valence-corrected chi connectivity index (χ2v) is 9.66. The Balaban J connectivity index is 1.40. The molecule has 3 aromatic carbocycles. The number of benzene rings is 3. The number of rotatable bonds is 4. The SMILES string of the molecule is Clc1ccc2c(c1SCc1ccc3nc(-c4ccccc4)sc3c1)CCNCC2. The highest BCUT2D eigenvalue weighted by molar-refractivity contribution is 7.98. The van der Waals surface area contributed by atoms with Crippen molar-refractivity contribution in [3.05, 3.63) is 82.4 Å². The van der Waals surface area contributed by atoms with Crippen molar-refractivity contribution >= 4 is 44.9 Å². The predicted molar refractivity (Wildman–Crippen MR) is 126 cm³/mol. The molecule has 2 nitrogen and oxygen atoms in total. The number of aromatic nitrogens is 1. The zero-order chi connectivity index (χ0) is 19.6. The van der Waals surface area contributed by atoms with E-state index in [-0.39, 0.29) is 0 Å². The number of thiazole rings is 1. The van der Waals surface area contributed by atoms with Crippen LogP contribution in [0.15, 0.2) is 65.6 Å². The number of thioether (sulfide) groups is 1. The van der Waals surface area contributed by atoms with Crippen LogP contribution in [-0.2, 0) is 18.6 Å². The van der Waals surface area contributed by atoms with Crippen LogP contribution in [0.2, 0.25) is 5.02 Å². The van der Waals surface area contributed by atoms with Gasteiger partial charge in [0.15, 0.2) is 0 Å². The van der Waals surface area contributed by atoms with Gasteiger partial charge in [-0.25, -0.2) is 4.98 Å². The minimum atomic E-state index is 0.876. The minimum absolute atomic E-state index is 0.876. The fourth-order valence-corrected chi connectivity index (χ4v) is 6.26. The zero-order valence-corrected chi connectivity index (χ0v) is 18.3. The smallest absolute Gasteiger partial charge is 0.124 e. The Kier molecular flexibility index (Phi) is 5.60. The topological polar surface area (TPSA) is 24.9 Å². The number of nitrogens with one attached hydrogen (secondary N) is 1. The molecule has 29 heavy (non-hydrogen) atoms. The Morgan fingerprint density at radius 2 is 1.86 bits per heavy atom. The van der Waals surface area contributed by atoms with Crippen molar-refractivity contribution in [1.29, 1.82) is 0 Å². The van der Waals surface area contributed by atoms with Crippen LogP contribution in [-0.4, -0.2) is 18.1 Å². The van der Waals surface area contributed by atoms with E-state index in [1.165, 1.54) is 31.8 Å². The van der Waals surface area contributed by atoms with Gasteiger partial charge in [-0.05, 0) is 60.8 Å². The molecule has 0 saturated carbocycles. The maximum atomic E-state index is 6.60. The molecule has 5 rings (SSSR count). The molecule has 1 aliphatic rings. The van der Waals surface area contributed by atoms with E-state index in [0.717, 1.165) is 47.2 Å². The first-order valence-electron chi connectivity index (χ1n) is 9.86. The number of halogens is 1. The minimum Gasteiger partial charge on any atom is -0.316 e. The van der Waals surface area contributed by atoms with Gasteiger partial charge in [-0.3, -0.25) is 0 Å². The molecule has 2 heterocycles. The Labute approximate surface area is 184 Å². The van der Waals surface area contributed by atoms with E-state index in [0.29, 0.717) is 0 Å². The molecular formula is C24H21ClN2S2. The number of hydrogen-bond acceptors (Lipinski definition) is 4. The van der Waals surface area contributed by atoms with Gasteiger partial charge in [0.1, 0.15) is 5.01 Å². The van der Waals surface area contributed by atoms with Crippen LogP contribution in [0.3, 0.4) is 0 Å². The molecule has 0 aliphatic carbocycles. The molecule has 5 heteroatoms. The first-order chi connectivity index (χ1) is 14.3. The zero-order valence-electron chi connectivity index (χ0n) is 16.0. The second-order valence-electron chi connectivity index (χ2n) is 7.24. The van der Waals surface area contributed by atoms with Gasteiger partial charge in [0.25, 0.3) is 0 Å². The van der Waals surface area contributed by atoms with Gasteiger partial charge in [0.2, 0.25) is 0 Å². The lowest BCUT2D eigenvalue weighted by Gasteiger charge is -2.14. The average molecular weight is 437 g/mol. The Bertz CT molecular complexity index is 1150. The quantitative estimate of drug-likeness (QED) is 0.365. The van der Waals surface area contributed by atoms with Crippen molar-refractivity contribution < 1.29 is 0 Å². The van der Waals surface area contributed by atoms with Crippen LogP contribution in [0.25, 0.3) is 20.8 Å². The molecule has 0 radical (unpaired) electrons. The molecule has 0 atom stereocenters. The summed E-state index contributed by atoms with van der Waals surface area (Å²) in [6.07, 6.45) is 2.13. The molecule has 0 fully saturated rings. The lowest BCUT2D eigenvalue weighted by molar-refractivity contribution is 0.709. The maximum Gasteiger partial charge on any atom is 0.124 e. The first kappa shape index (κ1) is 19.1. The highest BCUT2D eigenvalue weighted by Gasteiger charge is 2.15. The Hall–Kier alpha value is -1.85. The lowest BCUT2D eigenvalue weighted by atomic mass is 10.0. The molecule has 1 aromatic heterocycles. The number of fused-ring (bicyclic) bond motifs is 2. The van der Waals surface area contributed by atoms with Crippen molar-refractivity contribution in [3.63, 3.8) is 0 Å². The maximum absolute atomic E-state index is 6.60. The van der Waals surface area contributed by atoms with E-state index in [9.17, 15) is 0 Å². The summed E-state index contributed by atoms with van der Waals surface area (Å²) in [5, 5.41) is 5.45. The van der Waals surface area contributed by atoms with Crippen molar-refractivity contribution in [2.24, 2.45) is 0 Å². The van der Waals surface area contributed by atoms with Gasteiger partial charge in [0.05, 0.1) is 15.2 Å². The van der Waals surface area contributed by atoms with Gasteiger partial charge in [-0.1, -0.05) is 54.1 Å². The molecule has 0 saturated heterocycles. The predicted octanol–water partition coefficient (Wildman–Crippen LogP) is 6.60. The monoisotopic (exact) mass is 436 g/mol. The van der Waals surface area contributed by atoms with E-state index in [1.54, 1.807) is 11.3 Å². The third kappa shape index (κ3) is 4.08. The van der Waals surface area contributed by atoms with E-state index in [2.05, 4.69) is 59.9 Å². The van der Waals surface area contributed by atoms with Crippen LogP contribution >= 0.6 is 34.7 Å². The van der Waals surface area contributed by atoms with E-state index >= 15 is 0 Å². The molecular weight excluding hydrogens is 416 g/mol. The van der Waals surface area contributed by atoms with Crippen LogP contribution in [0.5, 0.6) is 0 Å². The van der Waals surface area contributed by atoms with Gasteiger partial charge in [-0.2, -0.15) is 0 Å². The second kappa shape index (κ2) is 8.49. The normalized spacial score (nSPS) is 14.0. The summed E-state index contributed by atoms with van der Waals surface area (Å²) < 4.78 is 1.24. The van der Waals surface area contributed by atoms with Gasteiger partial charge in [0, 0.05) is 16.2 Å². The highest BCUT2D eigenvalue weighted by Crippen LogP contribution is 2.37. The van der Waals surface area contributed by atoms with Crippen LogP contribution in [0.1, 0.15) is 16.7 Å². The molecule has 0 amide bonds. The van der Waals surface area contributed by atoms with Gasteiger partial charge in [-0.15, -0.1) is 23.1 Å². The summed E-state index contributed by atoms with van der Waals surface area (Å²) in [4.78, 5) is 6.06. The van der Waals surface area contributed by atoms with E-state index in [4.69, 9.17) is 16.6 Å². The third-order valence-corrected chi connectivity index (χ3v) is 8.02. The summed E-state index contributed by atoms with van der Waals surface area (Å²) in [6.45, 7) is 2.07. The van der Waals surface area contributed by atoms with Crippen molar-refractivity contribution in [2.75, 3.05) is 13.1 Å². The summed E-state index contributed by atoms with van der Waals surface area (Å²) in [7, 11) is 0. The van der Waals surface area contributed by atoms with E-state index < -0.39 is 0 Å². The molecule has 146 valence electrons. The van der Waals surface area contributed by atoms with Crippen LogP contribution < -0.4 is 5.32 Å². The molecule has 0 bridgehead atoms. The number of nitrogens with zero attached hydrogens (tertiary/aromatic N) is 1. The fraction of sp³-hybridized carbons (Fsp3) is 0.208. The molecule has 1 aliphatic heterocycles. The fourth-order valence-electron chi connectivity index (χ4n) is 3.78. The third-order valence-electron chi connectivity index (χ3n) is 5.29.